The summed E-state index contributed by atoms with van der Waals surface area (Å²) in [6.45, 7) is 0. The first-order valence-corrected chi connectivity index (χ1v) is 9.19. The number of nitrogens with zero attached hydrogens (tertiary/aromatic N) is 2. The summed E-state index contributed by atoms with van der Waals surface area (Å²) >= 11 is 5.98. The van der Waals surface area contributed by atoms with Crippen molar-refractivity contribution in [3.8, 4) is 11.5 Å². The average Bonchev–Trinajstić information content (AvgIpc) is 3.23. The van der Waals surface area contributed by atoms with Gasteiger partial charge in [-0.05, 0) is 36.4 Å². The molecule has 7 heteroatoms. The van der Waals surface area contributed by atoms with E-state index in [9.17, 15) is 9.18 Å². The van der Waals surface area contributed by atoms with E-state index < -0.39 is 17.8 Å². The van der Waals surface area contributed by atoms with E-state index in [1.165, 1.54) is 12.1 Å². The molecule has 1 aromatic heterocycles. The molecule has 1 atom stereocenters. The van der Waals surface area contributed by atoms with Gasteiger partial charge >= 0.3 is 0 Å². The maximum Gasteiger partial charge on any atom is 0.252 e. The summed E-state index contributed by atoms with van der Waals surface area (Å²) in [5, 5.41) is 11.3. The molecule has 29 heavy (non-hydrogen) atoms. The third-order valence-corrected chi connectivity index (χ3v) is 4.52. The van der Waals surface area contributed by atoms with Crippen LogP contribution in [0.4, 0.5) is 4.39 Å². The zero-order valence-electron chi connectivity index (χ0n) is 15.0. The van der Waals surface area contributed by atoms with Gasteiger partial charge in [-0.2, -0.15) is 0 Å². The smallest absolute Gasteiger partial charge is 0.252 e. The minimum Gasteiger partial charge on any atom is -0.418 e. The Morgan fingerprint density at radius 2 is 1.72 bits per heavy atom. The van der Waals surface area contributed by atoms with Crippen LogP contribution in [0.1, 0.15) is 27.9 Å². The highest BCUT2D eigenvalue weighted by atomic mass is 35.5. The van der Waals surface area contributed by atoms with Gasteiger partial charge in [0.1, 0.15) is 11.9 Å². The van der Waals surface area contributed by atoms with Gasteiger partial charge in [-0.25, -0.2) is 4.39 Å². The van der Waals surface area contributed by atoms with E-state index in [1.54, 1.807) is 36.4 Å². The molecule has 0 spiro atoms. The lowest BCUT2D eigenvalue weighted by atomic mass is 10.1. The predicted molar refractivity (Wildman–Crippen MR) is 107 cm³/mol. The van der Waals surface area contributed by atoms with Gasteiger partial charge in [-0.15, -0.1) is 10.2 Å². The van der Waals surface area contributed by atoms with Crippen LogP contribution < -0.4 is 5.32 Å². The van der Waals surface area contributed by atoms with E-state index in [1.807, 2.05) is 30.3 Å². The highest BCUT2D eigenvalue weighted by Crippen LogP contribution is 2.27. The Balaban J connectivity index is 1.71. The highest BCUT2D eigenvalue weighted by molar-refractivity contribution is 6.30. The second-order valence-electron chi connectivity index (χ2n) is 6.25. The number of rotatable bonds is 5. The van der Waals surface area contributed by atoms with Gasteiger partial charge in [-0.1, -0.05) is 54.1 Å². The topological polar surface area (TPSA) is 68.0 Å². The second-order valence-corrected chi connectivity index (χ2v) is 6.69. The lowest BCUT2D eigenvalue weighted by Gasteiger charge is -2.16. The van der Waals surface area contributed by atoms with Gasteiger partial charge < -0.3 is 9.73 Å². The zero-order valence-corrected chi connectivity index (χ0v) is 15.8. The zero-order chi connectivity index (χ0) is 20.2. The summed E-state index contributed by atoms with van der Waals surface area (Å²) in [6.07, 6.45) is 0. The van der Waals surface area contributed by atoms with Crippen LogP contribution in [-0.4, -0.2) is 16.1 Å². The molecule has 5 nitrogen and oxygen atoms in total. The standard InChI is InChI=1S/C22H15ClFN3O2/c23-16-10-6-9-15(13-16)20(28)25-19(17-11-4-5-12-18(17)24)22-27-26-21(29-22)14-7-2-1-3-8-14/h1-13,19H,(H,25,28). The van der Waals surface area contributed by atoms with Crippen molar-refractivity contribution in [2.45, 2.75) is 6.04 Å². The average molecular weight is 408 g/mol. The molecule has 144 valence electrons. The van der Waals surface area contributed by atoms with E-state index in [0.717, 1.165) is 5.56 Å². The molecular formula is C22H15ClFN3O2. The SMILES string of the molecule is O=C(NC(c1nnc(-c2ccccc2)o1)c1ccccc1F)c1cccc(Cl)c1. The van der Waals surface area contributed by atoms with Crippen molar-refractivity contribution >= 4 is 17.5 Å². The van der Waals surface area contributed by atoms with Crippen molar-refractivity contribution < 1.29 is 13.6 Å². The Kier molecular flexibility index (Phi) is 5.35. The molecule has 1 heterocycles. The van der Waals surface area contributed by atoms with Crippen molar-refractivity contribution in [1.29, 1.82) is 0 Å². The molecule has 4 aromatic rings. The minimum absolute atomic E-state index is 0.0735. The Bertz CT molecular complexity index is 1150. The molecule has 0 fully saturated rings. The number of nitrogens with one attached hydrogen (secondary N) is 1. The van der Waals surface area contributed by atoms with E-state index in [-0.39, 0.29) is 17.3 Å². The Hall–Kier alpha value is -3.51. The number of hydrogen-bond acceptors (Lipinski definition) is 4. The number of carbonyl (C=O) groups excluding carboxylic acids is 1. The third-order valence-electron chi connectivity index (χ3n) is 4.29. The van der Waals surface area contributed by atoms with E-state index in [2.05, 4.69) is 15.5 Å². The van der Waals surface area contributed by atoms with Crippen molar-refractivity contribution in [2.24, 2.45) is 0 Å². The van der Waals surface area contributed by atoms with Crippen molar-refractivity contribution in [3.05, 3.63) is 107 Å². The normalized spacial score (nSPS) is 11.8. The fourth-order valence-electron chi connectivity index (χ4n) is 2.87. The number of hydrogen-bond donors (Lipinski definition) is 1. The van der Waals surface area contributed by atoms with Crippen LogP contribution >= 0.6 is 11.6 Å². The van der Waals surface area contributed by atoms with Crippen LogP contribution in [0.15, 0.2) is 83.3 Å². The Morgan fingerprint density at radius 3 is 2.48 bits per heavy atom. The first-order chi connectivity index (χ1) is 14.1. The predicted octanol–water partition coefficient (Wildman–Crippen LogP) is 5.05. The number of aromatic nitrogens is 2. The Morgan fingerprint density at radius 1 is 0.966 bits per heavy atom. The van der Waals surface area contributed by atoms with Crippen molar-refractivity contribution in [2.75, 3.05) is 0 Å². The van der Waals surface area contributed by atoms with Gasteiger partial charge in [0.2, 0.25) is 11.8 Å². The maximum atomic E-state index is 14.5. The molecule has 0 radical (unpaired) electrons. The second kappa shape index (κ2) is 8.24. The highest BCUT2D eigenvalue weighted by Gasteiger charge is 2.26. The third kappa shape index (κ3) is 4.17. The van der Waals surface area contributed by atoms with Crippen LogP contribution in [-0.2, 0) is 0 Å². The fraction of sp³-hybridized carbons (Fsp3) is 0.0455. The van der Waals surface area contributed by atoms with Crippen LogP contribution in [0, 0.1) is 5.82 Å². The van der Waals surface area contributed by atoms with Crippen molar-refractivity contribution in [3.63, 3.8) is 0 Å². The lowest BCUT2D eigenvalue weighted by molar-refractivity contribution is 0.0937. The molecule has 1 N–H and O–H groups in total. The molecule has 0 aliphatic carbocycles. The molecule has 4 rings (SSSR count). The van der Waals surface area contributed by atoms with Gasteiger partial charge in [0, 0.05) is 21.7 Å². The quantitative estimate of drug-likeness (QED) is 0.502. The summed E-state index contributed by atoms with van der Waals surface area (Å²) in [6, 6.07) is 20.8. The van der Waals surface area contributed by atoms with Crippen LogP contribution in [0.25, 0.3) is 11.5 Å². The molecule has 3 aromatic carbocycles. The maximum absolute atomic E-state index is 14.5. The van der Waals surface area contributed by atoms with Crippen molar-refractivity contribution in [1.82, 2.24) is 15.5 Å². The minimum atomic E-state index is -0.965. The van der Waals surface area contributed by atoms with E-state index in [0.29, 0.717) is 10.6 Å². The number of benzene rings is 3. The number of amides is 1. The molecule has 0 bridgehead atoms. The number of carbonyl (C=O) groups is 1. The summed E-state index contributed by atoms with van der Waals surface area (Å²) in [5.41, 5.74) is 1.27. The van der Waals surface area contributed by atoms with Crippen LogP contribution in [0.5, 0.6) is 0 Å². The molecule has 1 amide bonds. The Labute approximate surface area is 171 Å². The molecule has 0 aliphatic heterocycles. The first-order valence-electron chi connectivity index (χ1n) is 8.81. The molecule has 0 saturated carbocycles. The van der Waals surface area contributed by atoms with Gasteiger partial charge in [-0.3, -0.25) is 4.79 Å². The summed E-state index contributed by atoms with van der Waals surface area (Å²) in [4.78, 5) is 12.8. The molecule has 1 unspecified atom stereocenters. The van der Waals surface area contributed by atoms with E-state index >= 15 is 0 Å². The monoisotopic (exact) mass is 407 g/mol. The molecular weight excluding hydrogens is 393 g/mol. The first kappa shape index (κ1) is 18.8. The molecule has 0 saturated heterocycles. The van der Waals surface area contributed by atoms with Gasteiger partial charge in [0.05, 0.1) is 0 Å². The summed E-state index contributed by atoms with van der Waals surface area (Å²) in [7, 11) is 0. The van der Waals surface area contributed by atoms with Crippen LogP contribution in [0.2, 0.25) is 5.02 Å². The fourth-order valence-corrected chi connectivity index (χ4v) is 3.06. The summed E-state index contributed by atoms with van der Waals surface area (Å²) < 4.78 is 20.3. The number of halogens is 2. The lowest BCUT2D eigenvalue weighted by Crippen LogP contribution is -2.30. The molecule has 0 aliphatic rings. The van der Waals surface area contributed by atoms with Crippen LogP contribution in [0.3, 0.4) is 0 Å². The summed E-state index contributed by atoms with van der Waals surface area (Å²) in [5.74, 6) is -0.591. The van der Waals surface area contributed by atoms with E-state index in [4.69, 9.17) is 16.0 Å². The van der Waals surface area contributed by atoms with Gasteiger partial charge in [0.15, 0.2) is 0 Å². The van der Waals surface area contributed by atoms with Gasteiger partial charge in [0.25, 0.3) is 5.91 Å². The largest absolute Gasteiger partial charge is 0.418 e.